The summed E-state index contributed by atoms with van der Waals surface area (Å²) in [6.07, 6.45) is 2.43. The molecule has 0 aromatic heterocycles. The second-order valence-electron chi connectivity index (χ2n) is 5.86. The van der Waals surface area contributed by atoms with Crippen LogP contribution in [0, 0.1) is 5.92 Å². The van der Waals surface area contributed by atoms with Crippen molar-refractivity contribution < 1.29 is 19.4 Å². The molecular formula is C17H23NO4. The van der Waals surface area contributed by atoms with Crippen molar-refractivity contribution in [3.05, 3.63) is 29.8 Å². The fraction of sp³-hybridized carbons (Fsp3) is 0.529. The highest BCUT2D eigenvalue weighted by molar-refractivity contribution is 5.78. The van der Waals surface area contributed by atoms with Crippen molar-refractivity contribution in [3.63, 3.8) is 0 Å². The van der Waals surface area contributed by atoms with Crippen molar-refractivity contribution in [1.82, 2.24) is 4.90 Å². The fourth-order valence-corrected chi connectivity index (χ4v) is 2.88. The van der Waals surface area contributed by atoms with E-state index in [1.807, 2.05) is 31.2 Å². The van der Waals surface area contributed by atoms with Crippen molar-refractivity contribution in [3.8, 4) is 5.75 Å². The summed E-state index contributed by atoms with van der Waals surface area (Å²) in [7, 11) is 1.62. The molecule has 2 atom stereocenters. The Balaban J connectivity index is 1.94. The number of carboxylic acid groups (broad SMARTS) is 1. The number of benzene rings is 1. The lowest BCUT2D eigenvalue weighted by Crippen LogP contribution is -2.47. The molecule has 0 spiro atoms. The van der Waals surface area contributed by atoms with E-state index >= 15 is 0 Å². The lowest BCUT2D eigenvalue weighted by Gasteiger charge is -2.36. The molecule has 0 aliphatic carbocycles. The van der Waals surface area contributed by atoms with Crippen LogP contribution in [0.1, 0.15) is 31.7 Å². The van der Waals surface area contributed by atoms with Gasteiger partial charge in [0.2, 0.25) is 5.91 Å². The van der Waals surface area contributed by atoms with Gasteiger partial charge in [-0.2, -0.15) is 0 Å². The highest BCUT2D eigenvalue weighted by Gasteiger charge is 2.32. The first-order valence-electron chi connectivity index (χ1n) is 7.66. The zero-order chi connectivity index (χ0) is 16.1. The van der Waals surface area contributed by atoms with Crippen molar-refractivity contribution in [1.29, 1.82) is 0 Å². The first kappa shape index (κ1) is 16.3. The second kappa shape index (κ2) is 7.29. The zero-order valence-corrected chi connectivity index (χ0v) is 13.1. The average molecular weight is 305 g/mol. The van der Waals surface area contributed by atoms with Gasteiger partial charge in [0, 0.05) is 19.0 Å². The number of hydrogen-bond donors (Lipinski definition) is 1. The molecule has 1 aliphatic heterocycles. The Morgan fingerprint density at radius 2 is 2.14 bits per heavy atom. The second-order valence-corrected chi connectivity index (χ2v) is 5.86. The number of methoxy groups -OCH3 is 1. The number of amides is 1. The Morgan fingerprint density at radius 3 is 2.82 bits per heavy atom. The molecule has 2 unspecified atom stereocenters. The van der Waals surface area contributed by atoms with Crippen molar-refractivity contribution in [2.45, 2.75) is 38.6 Å². The number of carbonyl (C=O) groups is 2. The Morgan fingerprint density at radius 1 is 1.36 bits per heavy atom. The number of carbonyl (C=O) groups excluding carboxylic acids is 1. The lowest BCUT2D eigenvalue weighted by molar-refractivity contribution is -0.147. The molecule has 0 radical (unpaired) electrons. The summed E-state index contributed by atoms with van der Waals surface area (Å²) in [5.74, 6) is -0.432. The highest BCUT2D eigenvalue weighted by atomic mass is 16.5. The van der Waals surface area contributed by atoms with E-state index in [4.69, 9.17) is 9.84 Å². The summed E-state index contributed by atoms with van der Waals surface area (Å²) in [5.41, 5.74) is 1.05. The van der Waals surface area contributed by atoms with Gasteiger partial charge in [-0.25, -0.2) is 0 Å². The van der Waals surface area contributed by atoms with Gasteiger partial charge in [-0.05, 0) is 43.9 Å². The number of aliphatic carboxylic acids is 1. The fourth-order valence-electron chi connectivity index (χ4n) is 2.88. The molecule has 0 saturated carbocycles. The minimum absolute atomic E-state index is 0.0290. The molecule has 1 saturated heterocycles. The number of hydrogen-bond acceptors (Lipinski definition) is 3. The van der Waals surface area contributed by atoms with Gasteiger partial charge in [0.05, 0.1) is 13.0 Å². The molecule has 120 valence electrons. The molecular weight excluding hydrogens is 282 g/mol. The topological polar surface area (TPSA) is 66.8 Å². The van der Waals surface area contributed by atoms with Crippen LogP contribution in [-0.4, -0.2) is 41.6 Å². The predicted octanol–water partition coefficient (Wildman–Crippen LogP) is 2.34. The SMILES string of the molecule is COc1cccc(CCC(=O)N2CC(C(=O)O)CCC2C)c1. The van der Waals surface area contributed by atoms with Gasteiger partial charge in [0.25, 0.3) is 0 Å². The van der Waals surface area contributed by atoms with Crippen LogP contribution in [0.4, 0.5) is 0 Å². The van der Waals surface area contributed by atoms with Crippen LogP contribution >= 0.6 is 0 Å². The molecule has 1 amide bonds. The van der Waals surface area contributed by atoms with Gasteiger partial charge in [-0.15, -0.1) is 0 Å². The molecule has 1 fully saturated rings. The van der Waals surface area contributed by atoms with E-state index in [2.05, 4.69) is 0 Å². The smallest absolute Gasteiger partial charge is 0.308 e. The maximum atomic E-state index is 12.4. The van der Waals surface area contributed by atoms with Crippen LogP contribution < -0.4 is 4.74 Å². The molecule has 1 N–H and O–H groups in total. The van der Waals surface area contributed by atoms with Gasteiger partial charge in [0.15, 0.2) is 0 Å². The number of nitrogens with zero attached hydrogens (tertiary/aromatic N) is 1. The van der Waals surface area contributed by atoms with Crippen LogP contribution in [0.15, 0.2) is 24.3 Å². The number of rotatable bonds is 5. The van der Waals surface area contributed by atoms with Crippen molar-refractivity contribution in [2.75, 3.05) is 13.7 Å². The van der Waals surface area contributed by atoms with Crippen LogP contribution in [0.2, 0.25) is 0 Å². The molecule has 2 rings (SSSR count). The van der Waals surface area contributed by atoms with Gasteiger partial charge in [0.1, 0.15) is 5.75 Å². The normalized spacial score (nSPS) is 21.5. The number of ether oxygens (including phenoxy) is 1. The summed E-state index contributed by atoms with van der Waals surface area (Å²) in [5, 5.41) is 9.14. The summed E-state index contributed by atoms with van der Waals surface area (Å²) < 4.78 is 5.17. The standard InChI is InChI=1S/C17H23NO4/c1-12-6-8-14(17(20)21)11-18(12)16(19)9-7-13-4-3-5-15(10-13)22-2/h3-5,10,12,14H,6-9,11H2,1-2H3,(H,20,21). The molecule has 1 aliphatic rings. The maximum absolute atomic E-state index is 12.4. The maximum Gasteiger partial charge on any atom is 0.308 e. The molecule has 1 heterocycles. The third-order valence-corrected chi connectivity index (χ3v) is 4.31. The third kappa shape index (κ3) is 4.00. The predicted molar refractivity (Wildman–Crippen MR) is 82.8 cm³/mol. The first-order chi connectivity index (χ1) is 10.5. The molecule has 5 nitrogen and oxygen atoms in total. The zero-order valence-electron chi connectivity index (χ0n) is 13.1. The molecule has 1 aromatic carbocycles. The van der Waals surface area contributed by atoms with Crippen LogP contribution in [-0.2, 0) is 16.0 Å². The molecule has 5 heteroatoms. The Labute approximate surface area is 130 Å². The van der Waals surface area contributed by atoms with Gasteiger partial charge >= 0.3 is 5.97 Å². The summed E-state index contributed by atoms with van der Waals surface area (Å²) in [6.45, 7) is 2.31. The lowest BCUT2D eigenvalue weighted by atomic mass is 9.93. The van der Waals surface area contributed by atoms with Crippen molar-refractivity contribution >= 4 is 11.9 Å². The van der Waals surface area contributed by atoms with Crippen molar-refractivity contribution in [2.24, 2.45) is 5.92 Å². The van der Waals surface area contributed by atoms with E-state index in [1.165, 1.54) is 0 Å². The molecule has 1 aromatic rings. The van der Waals surface area contributed by atoms with E-state index in [9.17, 15) is 9.59 Å². The van der Waals surface area contributed by atoms with E-state index in [0.717, 1.165) is 17.7 Å². The quantitative estimate of drug-likeness (QED) is 0.906. The highest BCUT2D eigenvalue weighted by Crippen LogP contribution is 2.23. The van der Waals surface area contributed by atoms with E-state index in [1.54, 1.807) is 12.0 Å². The Hall–Kier alpha value is -2.04. The minimum atomic E-state index is -0.808. The monoisotopic (exact) mass is 305 g/mol. The summed E-state index contributed by atoms with van der Waals surface area (Å²) in [6, 6.07) is 7.79. The van der Waals surface area contributed by atoms with Gasteiger partial charge in [-0.3, -0.25) is 9.59 Å². The Kier molecular flexibility index (Phi) is 5.41. The number of piperidine rings is 1. The Bertz CT molecular complexity index is 543. The minimum Gasteiger partial charge on any atom is -0.497 e. The molecule has 0 bridgehead atoms. The molecule has 22 heavy (non-hydrogen) atoms. The van der Waals surface area contributed by atoms with Crippen LogP contribution in [0.3, 0.4) is 0 Å². The van der Waals surface area contributed by atoms with E-state index in [-0.39, 0.29) is 11.9 Å². The number of likely N-dealkylation sites (tertiary alicyclic amines) is 1. The largest absolute Gasteiger partial charge is 0.497 e. The van der Waals surface area contributed by atoms with Crippen LogP contribution in [0.5, 0.6) is 5.75 Å². The summed E-state index contributed by atoms with van der Waals surface area (Å²) in [4.78, 5) is 25.3. The van der Waals surface area contributed by atoms with Gasteiger partial charge < -0.3 is 14.7 Å². The number of aryl methyl sites for hydroxylation is 1. The van der Waals surface area contributed by atoms with Gasteiger partial charge in [-0.1, -0.05) is 12.1 Å². The summed E-state index contributed by atoms with van der Waals surface area (Å²) >= 11 is 0. The van der Waals surface area contributed by atoms with E-state index in [0.29, 0.717) is 25.8 Å². The average Bonchev–Trinajstić information content (AvgIpc) is 2.53. The first-order valence-corrected chi connectivity index (χ1v) is 7.66. The third-order valence-electron chi connectivity index (χ3n) is 4.31. The van der Waals surface area contributed by atoms with Crippen LogP contribution in [0.25, 0.3) is 0 Å². The number of carboxylic acids is 1. The van der Waals surface area contributed by atoms with E-state index < -0.39 is 11.9 Å².